The zero-order valence-corrected chi connectivity index (χ0v) is 18.9. The largest absolute Gasteiger partial charge is 0.324 e. The molecule has 1 aliphatic carbocycles. The molecule has 1 saturated carbocycles. The van der Waals surface area contributed by atoms with E-state index >= 15 is 0 Å². The fourth-order valence-electron chi connectivity index (χ4n) is 4.62. The van der Waals surface area contributed by atoms with Gasteiger partial charge in [0.15, 0.2) is 0 Å². The molecule has 2 atom stereocenters. The Hall–Kier alpha value is -3.41. The quantitative estimate of drug-likeness (QED) is 0.438. The topological polar surface area (TPSA) is 104 Å². The number of nitrogens with zero attached hydrogens (tertiary/aromatic N) is 4. The van der Waals surface area contributed by atoms with Gasteiger partial charge < -0.3 is 10.6 Å². The number of amides is 1. The zero-order chi connectivity index (χ0) is 22.6. The first-order valence-electron chi connectivity index (χ1n) is 11.2. The molecule has 1 aliphatic rings. The second kappa shape index (κ2) is 9.61. The van der Waals surface area contributed by atoms with Crippen LogP contribution in [0.1, 0.15) is 36.9 Å². The molecule has 2 aromatic heterocycles. The molecule has 0 saturated heterocycles. The minimum Gasteiger partial charge on any atom is -0.324 e. The maximum atomic E-state index is 13.1. The van der Waals surface area contributed by atoms with E-state index in [1.807, 2.05) is 30.3 Å². The Morgan fingerprint density at radius 1 is 1.12 bits per heavy atom. The van der Waals surface area contributed by atoms with Crippen LogP contribution in [0.2, 0.25) is 0 Å². The summed E-state index contributed by atoms with van der Waals surface area (Å²) in [4.78, 5) is 17.5. The average molecular weight is 457 g/mol. The van der Waals surface area contributed by atoms with Crippen LogP contribution in [-0.4, -0.2) is 26.2 Å². The lowest BCUT2D eigenvalue weighted by Gasteiger charge is -2.28. The maximum absolute atomic E-state index is 13.1. The second-order valence-electron chi connectivity index (χ2n) is 8.62. The summed E-state index contributed by atoms with van der Waals surface area (Å²) in [6, 6.07) is 17.5. The molecule has 5 rings (SSSR count). The highest BCUT2D eigenvalue weighted by atomic mass is 32.1. The number of pyridine rings is 1. The Morgan fingerprint density at radius 3 is 2.94 bits per heavy atom. The van der Waals surface area contributed by atoms with Gasteiger partial charge >= 0.3 is 0 Å². The van der Waals surface area contributed by atoms with Crippen LogP contribution in [0.3, 0.4) is 0 Å². The third kappa shape index (κ3) is 4.85. The predicted molar refractivity (Wildman–Crippen MR) is 130 cm³/mol. The smallest absolute Gasteiger partial charge is 0.227 e. The standard InChI is InChI=1S/C25H24N6OS/c26-13-20-9-8-18-4-2-6-22(24(18)28-20)29-25(32)19-5-1-3-16(11-19)14-27-15-17-7-10-21-23(12-17)31-33-30-21/h2,4,6-10,12,16,19,27H,1,3,5,11,14-15H2,(H,29,32)/t16-,19+/m1/s1. The van der Waals surface area contributed by atoms with Gasteiger partial charge in [0.05, 0.1) is 22.9 Å². The summed E-state index contributed by atoms with van der Waals surface area (Å²) in [7, 11) is 0. The van der Waals surface area contributed by atoms with E-state index < -0.39 is 0 Å². The number of fused-ring (bicyclic) bond motifs is 2. The number of hydrogen-bond donors (Lipinski definition) is 2. The summed E-state index contributed by atoms with van der Waals surface area (Å²) in [5.74, 6) is 0.491. The van der Waals surface area contributed by atoms with Crippen molar-refractivity contribution >= 4 is 45.3 Å². The van der Waals surface area contributed by atoms with Crippen LogP contribution in [0.25, 0.3) is 21.9 Å². The van der Waals surface area contributed by atoms with Crippen molar-refractivity contribution in [1.82, 2.24) is 19.0 Å². The molecule has 0 spiro atoms. The van der Waals surface area contributed by atoms with Gasteiger partial charge in [-0.2, -0.15) is 14.0 Å². The van der Waals surface area contributed by atoms with Crippen molar-refractivity contribution < 1.29 is 4.79 Å². The Morgan fingerprint density at radius 2 is 2.03 bits per heavy atom. The van der Waals surface area contributed by atoms with Crippen LogP contribution >= 0.6 is 11.7 Å². The number of carbonyl (C=O) groups is 1. The van der Waals surface area contributed by atoms with Crippen LogP contribution in [0, 0.1) is 23.2 Å². The number of para-hydroxylation sites is 1. The van der Waals surface area contributed by atoms with E-state index in [-0.39, 0.29) is 11.8 Å². The monoisotopic (exact) mass is 456 g/mol. The maximum Gasteiger partial charge on any atom is 0.227 e. The van der Waals surface area contributed by atoms with Crippen molar-refractivity contribution in [2.45, 2.75) is 32.2 Å². The van der Waals surface area contributed by atoms with Crippen molar-refractivity contribution in [3.63, 3.8) is 0 Å². The molecule has 8 heteroatoms. The number of anilines is 1. The molecule has 166 valence electrons. The molecule has 7 nitrogen and oxygen atoms in total. The third-order valence-corrected chi connectivity index (χ3v) is 6.88. The van der Waals surface area contributed by atoms with Gasteiger partial charge in [-0.05, 0) is 67.6 Å². The highest BCUT2D eigenvalue weighted by Crippen LogP contribution is 2.31. The normalized spacial score (nSPS) is 18.3. The van der Waals surface area contributed by atoms with Crippen molar-refractivity contribution in [3.8, 4) is 6.07 Å². The minimum absolute atomic E-state index is 0.0163. The number of carbonyl (C=O) groups excluding carboxylic acids is 1. The van der Waals surface area contributed by atoms with Gasteiger partial charge in [0.2, 0.25) is 5.91 Å². The summed E-state index contributed by atoms with van der Waals surface area (Å²) in [5, 5.41) is 16.7. The molecule has 2 N–H and O–H groups in total. The van der Waals surface area contributed by atoms with E-state index in [9.17, 15) is 10.1 Å². The van der Waals surface area contributed by atoms with Crippen molar-refractivity contribution in [1.29, 1.82) is 5.26 Å². The van der Waals surface area contributed by atoms with Gasteiger partial charge in [0, 0.05) is 17.8 Å². The fraction of sp³-hybridized carbons (Fsp3) is 0.320. The van der Waals surface area contributed by atoms with Crippen LogP contribution in [-0.2, 0) is 11.3 Å². The molecule has 2 aromatic carbocycles. The molecule has 0 radical (unpaired) electrons. The SMILES string of the molecule is N#Cc1ccc2cccc(NC(=O)[C@H]3CCC[C@@H](CNCc4ccc5nsnc5c4)C3)c2n1. The van der Waals surface area contributed by atoms with Gasteiger partial charge in [-0.1, -0.05) is 24.6 Å². The molecular weight excluding hydrogens is 432 g/mol. The minimum atomic E-state index is -0.0163. The van der Waals surface area contributed by atoms with Crippen LogP contribution in [0.4, 0.5) is 5.69 Å². The number of rotatable bonds is 6. The lowest BCUT2D eigenvalue weighted by atomic mass is 9.81. The molecular formula is C25H24N6OS. The predicted octanol–water partition coefficient (Wildman–Crippen LogP) is 4.65. The first-order valence-corrected chi connectivity index (χ1v) is 12.0. The molecule has 0 unspecified atom stereocenters. The summed E-state index contributed by atoms with van der Waals surface area (Å²) in [6.07, 6.45) is 3.95. The lowest BCUT2D eigenvalue weighted by Crippen LogP contribution is -2.32. The van der Waals surface area contributed by atoms with Crippen LogP contribution in [0.15, 0.2) is 48.5 Å². The Balaban J connectivity index is 1.18. The van der Waals surface area contributed by atoms with Gasteiger partial charge in [0.1, 0.15) is 22.8 Å². The highest BCUT2D eigenvalue weighted by molar-refractivity contribution is 7.00. The number of benzene rings is 2. The number of nitrogens with one attached hydrogen (secondary N) is 2. The van der Waals surface area contributed by atoms with Gasteiger partial charge in [-0.25, -0.2) is 4.98 Å². The first kappa shape index (κ1) is 21.4. The summed E-state index contributed by atoms with van der Waals surface area (Å²) < 4.78 is 8.56. The van der Waals surface area contributed by atoms with Crippen molar-refractivity contribution in [2.24, 2.45) is 11.8 Å². The lowest BCUT2D eigenvalue weighted by molar-refractivity contribution is -0.121. The number of nitriles is 1. The van der Waals surface area contributed by atoms with Gasteiger partial charge in [-0.15, -0.1) is 0 Å². The Bertz CT molecular complexity index is 1340. The summed E-state index contributed by atoms with van der Waals surface area (Å²) in [6.45, 7) is 1.67. The molecule has 1 fully saturated rings. The summed E-state index contributed by atoms with van der Waals surface area (Å²) in [5.41, 5.74) is 4.75. The molecule has 0 bridgehead atoms. The van der Waals surface area contributed by atoms with E-state index in [1.165, 1.54) is 17.3 Å². The van der Waals surface area contributed by atoms with Crippen molar-refractivity contribution in [3.05, 3.63) is 59.8 Å². The van der Waals surface area contributed by atoms with E-state index in [0.717, 1.165) is 55.2 Å². The Labute approximate surface area is 196 Å². The van der Waals surface area contributed by atoms with Gasteiger partial charge in [-0.3, -0.25) is 4.79 Å². The molecule has 33 heavy (non-hydrogen) atoms. The number of hydrogen-bond acceptors (Lipinski definition) is 7. The van der Waals surface area contributed by atoms with E-state index in [0.29, 0.717) is 22.8 Å². The summed E-state index contributed by atoms with van der Waals surface area (Å²) >= 11 is 1.24. The van der Waals surface area contributed by atoms with E-state index in [2.05, 4.69) is 42.6 Å². The molecule has 2 heterocycles. The fourth-order valence-corrected chi connectivity index (χ4v) is 5.14. The second-order valence-corrected chi connectivity index (χ2v) is 9.15. The first-order chi connectivity index (χ1) is 16.2. The van der Waals surface area contributed by atoms with Gasteiger partial charge in [0.25, 0.3) is 0 Å². The van der Waals surface area contributed by atoms with E-state index in [4.69, 9.17) is 0 Å². The van der Waals surface area contributed by atoms with Crippen LogP contribution < -0.4 is 10.6 Å². The molecule has 4 aromatic rings. The average Bonchev–Trinajstić information content (AvgIpc) is 3.32. The highest BCUT2D eigenvalue weighted by Gasteiger charge is 2.27. The zero-order valence-electron chi connectivity index (χ0n) is 18.1. The van der Waals surface area contributed by atoms with Crippen molar-refractivity contribution in [2.75, 3.05) is 11.9 Å². The molecule has 0 aliphatic heterocycles. The molecule has 1 amide bonds. The third-order valence-electron chi connectivity index (χ3n) is 6.33. The van der Waals surface area contributed by atoms with E-state index in [1.54, 1.807) is 6.07 Å². The number of aromatic nitrogens is 3. The van der Waals surface area contributed by atoms with Crippen LogP contribution in [0.5, 0.6) is 0 Å². The Kier molecular flexibility index (Phi) is 6.24.